The van der Waals surface area contributed by atoms with Crippen molar-refractivity contribution in [3.05, 3.63) is 29.3 Å². The average molecular weight is 245 g/mol. The number of aliphatic hydroxyl groups is 1. The van der Waals surface area contributed by atoms with E-state index in [9.17, 15) is 9.90 Å². The van der Waals surface area contributed by atoms with E-state index in [1.807, 2.05) is 18.2 Å². The monoisotopic (exact) mass is 245 g/mol. The minimum atomic E-state index is -0.386. The number of hydrogen-bond donors (Lipinski definition) is 2. The summed E-state index contributed by atoms with van der Waals surface area (Å²) in [6.45, 7) is 2.22. The Hall–Kier alpha value is -1.35. The molecule has 3 unspecified atom stereocenters. The number of aliphatic hydroxyl groups excluding tert-OH is 1. The van der Waals surface area contributed by atoms with E-state index in [0.717, 1.165) is 23.2 Å². The van der Waals surface area contributed by atoms with Crippen LogP contribution in [0.4, 0.5) is 5.69 Å². The fourth-order valence-corrected chi connectivity index (χ4v) is 3.32. The molecule has 0 spiro atoms. The van der Waals surface area contributed by atoms with Crippen molar-refractivity contribution < 1.29 is 9.90 Å². The van der Waals surface area contributed by atoms with Crippen molar-refractivity contribution in [2.75, 3.05) is 5.32 Å². The lowest BCUT2D eigenvalue weighted by Crippen LogP contribution is -2.15. The zero-order valence-electron chi connectivity index (χ0n) is 10.6. The van der Waals surface area contributed by atoms with E-state index in [2.05, 4.69) is 12.2 Å². The maximum atomic E-state index is 11.3. The van der Waals surface area contributed by atoms with Gasteiger partial charge in [0.1, 0.15) is 0 Å². The molecule has 1 aliphatic carbocycles. The van der Waals surface area contributed by atoms with Crippen molar-refractivity contribution in [3.8, 4) is 0 Å². The van der Waals surface area contributed by atoms with Gasteiger partial charge < -0.3 is 10.4 Å². The Balaban J connectivity index is 1.85. The molecule has 3 heteroatoms. The first-order valence-corrected chi connectivity index (χ1v) is 6.76. The lowest BCUT2D eigenvalue weighted by atomic mass is 9.87. The molecule has 0 radical (unpaired) electrons. The second-order valence-corrected chi connectivity index (χ2v) is 5.66. The average Bonchev–Trinajstić information content (AvgIpc) is 2.91. The van der Waals surface area contributed by atoms with Crippen LogP contribution < -0.4 is 5.32 Å². The van der Waals surface area contributed by atoms with Gasteiger partial charge in [0.15, 0.2) is 0 Å². The fourth-order valence-electron chi connectivity index (χ4n) is 3.32. The van der Waals surface area contributed by atoms with Gasteiger partial charge in [-0.3, -0.25) is 4.79 Å². The smallest absolute Gasteiger partial charge is 0.228 e. The number of carbonyl (C=O) groups is 1. The van der Waals surface area contributed by atoms with Gasteiger partial charge >= 0.3 is 0 Å². The van der Waals surface area contributed by atoms with Gasteiger partial charge in [-0.15, -0.1) is 0 Å². The van der Waals surface area contributed by atoms with Crippen LogP contribution in [0.5, 0.6) is 0 Å². The molecule has 1 amide bonds. The fraction of sp³-hybridized carbons (Fsp3) is 0.533. The molecule has 3 atom stereocenters. The molecular weight excluding hydrogens is 226 g/mol. The highest BCUT2D eigenvalue weighted by Crippen LogP contribution is 2.40. The van der Waals surface area contributed by atoms with Crippen molar-refractivity contribution >= 4 is 11.6 Å². The molecule has 1 fully saturated rings. The third kappa shape index (κ3) is 1.93. The maximum Gasteiger partial charge on any atom is 0.228 e. The zero-order valence-corrected chi connectivity index (χ0v) is 10.6. The number of carbonyl (C=O) groups excluding carboxylic acids is 1. The molecule has 2 N–H and O–H groups in total. The largest absolute Gasteiger partial charge is 0.388 e. The Kier molecular flexibility index (Phi) is 2.86. The van der Waals surface area contributed by atoms with Gasteiger partial charge in [-0.05, 0) is 35.4 Å². The summed E-state index contributed by atoms with van der Waals surface area (Å²) in [5, 5.41) is 13.3. The standard InChI is InChI=1S/C15H19NO2/c1-9-3-2-4-12(9)15(18)10-5-6-13-11(7-10)8-14(17)16-13/h5-7,9,12,15,18H,2-4,8H2,1H3,(H,16,17). The van der Waals surface area contributed by atoms with Gasteiger partial charge in [-0.25, -0.2) is 0 Å². The van der Waals surface area contributed by atoms with E-state index < -0.39 is 0 Å². The summed E-state index contributed by atoms with van der Waals surface area (Å²) in [5.74, 6) is 1.01. The van der Waals surface area contributed by atoms with E-state index in [1.54, 1.807) is 0 Å². The quantitative estimate of drug-likeness (QED) is 0.841. The van der Waals surface area contributed by atoms with Gasteiger partial charge in [0.05, 0.1) is 12.5 Å². The minimum Gasteiger partial charge on any atom is -0.388 e. The molecule has 0 saturated heterocycles. The number of benzene rings is 1. The van der Waals surface area contributed by atoms with Crippen LogP contribution in [0, 0.1) is 11.8 Å². The summed E-state index contributed by atoms with van der Waals surface area (Å²) in [6, 6.07) is 5.85. The van der Waals surface area contributed by atoms with E-state index in [4.69, 9.17) is 0 Å². The molecule has 1 aliphatic heterocycles. The Morgan fingerprint density at radius 1 is 1.39 bits per heavy atom. The first kappa shape index (κ1) is 11.7. The van der Waals surface area contributed by atoms with Crippen LogP contribution in [-0.4, -0.2) is 11.0 Å². The van der Waals surface area contributed by atoms with Gasteiger partial charge in [-0.2, -0.15) is 0 Å². The molecule has 0 aromatic heterocycles. The lowest BCUT2D eigenvalue weighted by Gasteiger charge is -2.23. The Bertz CT molecular complexity index is 483. The van der Waals surface area contributed by atoms with Crippen LogP contribution in [0.3, 0.4) is 0 Å². The topological polar surface area (TPSA) is 49.3 Å². The molecule has 1 aromatic carbocycles. The number of anilines is 1. The van der Waals surface area contributed by atoms with Gasteiger partial charge in [0.25, 0.3) is 0 Å². The minimum absolute atomic E-state index is 0.0471. The summed E-state index contributed by atoms with van der Waals surface area (Å²) < 4.78 is 0. The molecule has 1 aromatic rings. The first-order valence-electron chi connectivity index (χ1n) is 6.76. The zero-order chi connectivity index (χ0) is 12.7. The van der Waals surface area contributed by atoms with Crippen molar-refractivity contribution in [3.63, 3.8) is 0 Å². The molecule has 96 valence electrons. The highest BCUT2D eigenvalue weighted by molar-refractivity contribution is 5.99. The van der Waals surface area contributed by atoms with Crippen LogP contribution in [0.2, 0.25) is 0 Å². The molecule has 2 aliphatic rings. The molecule has 3 rings (SSSR count). The third-order valence-corrected chi connectivity index (χ3v) is 4.43. The predicted octanol–water partition coefficient (Wildman–Crippen LogP) is 2.65. The van der Waals surface area contributed by atoms with Crippen molar-refractivity contribution in [1.82, 2.24) is 0 Å². The number of fused-ring (bicyclic) bond motifs is 1. The molecule has 18 heavy (non-hydrogen) atoms. The summed E-state index contributed by atoms with van der Waals surface area (Å²) >= 11 is 0. The summed E-state index contributed by atoms with van der Waals surface area (Å²) in [6.07, 6.45) is 3.59. The van der Waals surface area contributed by atoms with Crippen LogP contribution in [-0.2, 0) is 11.2 Å². The van der Waals surface area contributed by atoms with Crippen LogP contribution >= 0.6 is 0 Å². The number of hydrogen-bond acceptors (Lipinski definition) is 2. The highest BCUT2D eigenvalue weighted by Gasteiger charge is 2.31. The van der Waals surface area contributed by atoms with E-state index >= 15 is 0 Å². The number of rotatable bonds is 2. The van der Waals surface area contributed by atoms with E-state index in [-0.39, 0.29) is 12.0 Å². The lowest BCUT2D eigenvalue weighted by molar-refractivity contribution is -0.115. The number of amides is 1. The second kappa shape index (κ2) is 4.39. The molecule has 0 bridgehead atoms. The van der Waals surface area contributed by atoms with Crippen LogP contribution in [0.15, 0.2) is 18.2 Å². The summed E-state index contributed by atoms with van der Waals surface area (Å²) in [7, 11) is 0. The third-order valence-electron chi connectivity index (χ3n) is 4.43. The van der Waals surface area contributed by atoms with E-state index in [1.165, 1.54) is 12.8 Å². The van der Waals surface area contributed by atoms with Crippen molar-refractivity contribution in [2.45, 2.75) is 38.7 Å². The number of nitrogens with one attached hydrogen (secondary N) is 1. The highest BCUT2D eigenvalue weighted by atomic mass is 16.3. The Morgan fingerprint density at radius 2 is 2.22 bits per heavy atom. The molecule has 3 nitrogen and oxygen atoms in total. The van der Waals surface area contributed by atoms with Gasteiger partial charge in [-0.1, -0.05) is 31.9 Å². The predicted molar refractivity (Wildman–Crippen MR) is 70.2 cm³/mol. The van der Waals surface area contributed by atoms with Crippen molar-refractivity contribution in [1.29, 1.82) is 0 Å². The van der Waals surface area contributed by atoms with Gasteiger partial charge in [0, 0.05) is 5.69 Å². The molecule has 1 heterocycles. The van der Waals surface area contributed by atoms with Crippen molar-refractivity contribution in [2.24, 2.45) is 11.8 Å². The van der Waals surface area contributed by atoms with Gasteiger partial charge in [0.2, 0.25) is 5.91 Å². The van der Waals surface area contributed by atoms with Crippen LogP contribution in [0.25, 0.3) is 0 Å². The Morgan fingerprint density at radius 3 is 2.94 bits per heavy atom. The SMILES string of the molecule is CC1CCCC1C(O)c1ccc2c(c1)CC(=O)N2. The molecule has 1 saturated carbocycles. The van der Waals surface area contributed by atoms with Crippen LogP contribution in [0.1, 0.15) is 43.4 Å². The maximum absolute atomic E-state index is 11.3. The molecular formula is C15H19NO2. The summed E-state index contributed by atoms with van der Waals surface area (Å²) in [5.41, 5.74) is 2.88. The summed E-state index contributed by atoms with van der Waals surface area (Å²) in [4.78, 5) is 11.3. The second-order valence-electron chi connectivity index (χ2n) is 5.66. The Labute approximate surface area is 107 Å². The first-order chi connectivity index (χ1) is 8.65. The van der Waals surface area contributed by atoms with E-state index in [0.29, 0.717) is 18.3 Å². The normalized spacial score (nSPS) is 28.0.